The van der Waals surface area contributed by atoms with Crippen molar-refractivity contribution in [3.8, 4) is 11.4 Å². The molecule has 0 N–H and O–H groups in total. The van der Waals surface area contributed by atoms with Crippen LogP contribution in [0, 0.1) is 17.0 Å². The van der Waals surface area contributed by atoms with Crippen molar-refractivity contribution in [2.75, 3.05) is 6.54 Å². The largest absolute Gasteiger partial charge is 0.489 e. The monoisotopic (exact) mass is 626 g/mol. The zero-order valence-electron chi connectivity index (χ0n) is 18.7. The number of nitrogens with zero attached hydrogens (tertiary/aromatic N) is 4. The maximum atomic E-state index is 11.7. The molecule has 0 bridgehead atoms. The van der Waals surface area contributed by atoms with Crippen molar-refractivity contribution in [3.63, 3.8) is 0 Å². The van der Waals surface area contributed by atoms with Crippen molar-refractivity contribution in [1.82, 2.24) is 14.8 Å². The number of aromatic nitrogens is 3. The van der Waals surface area contributed by atoms with Gasteiger partial charge in [-0.3, -0.25) is 14.7 Å². The molecule has 0 aliphatic heterocycles. The van der Waals surface area contributed by atoms with E-state index in [4.69, 9.17) is 39.5 Å². The summed E-state index contributed by atoms with van der Waals surface area (Å²) in [5.41, 5.74) is 2.26. The normalized spacial score (nSPS) is 11.9. The Hall–Kier alpha value is -2.30. The smallest absolute Gasteiger partial charge is 0.220 e. The molecule has 12 heteroatoms. The molecule has 7 nitrogen and oxygen atoms in total. The first-order valence-corrected chi connectivity index (χ1v) is 13.3. The molecule has 0 amide bonds. The Balaban J connectivity index is 1.67. The average molecular weight is 629 g/mol. The summed E-state index contributed by atoms with van der Waals surface area (Å²) >= 11 is 22.9. The summed E-state index contributed by atoms with van der Waals surface area (Å²) in [4.78, 5) is 11.3. The van der Waals surface area contributed by atoms with Crippen LogP contribution in [0.3, 0.4) is 0 Å². The lowest BCUT2D eigenvalue weighted by Gasteiger charge is -2.18. The van der Waals surface area contributed by atoms with E-state index >= 15 is 0 Å². The Bertz CT molecular complexity index is 1400. The number of aryl methyl sites for hydroxylation is 1. The number of halogens is 4. The van der Waals surface area contributed by atoms with Crippen molar-refractivity contribution < 1.29 is 9.66 Å². The van der Waals surface area contributed by atoms with E-state index in [0.717, 1.165) is 15.7 Å². The zero-order valence-corrected chi connectivity index (χ0v) is 23.4. The number of rotatable bonds is 9. The van der Waals surface area contributed by atoms with Crippen LogP contribution in [0.4, 0.5) is 0 Å². The molecule has 3 aromatic carbocycles. The lowest BCUT2D eigenvalue weighted by Crippen LogP contribution is -2.12. The van der Waals surface area contributed by atoms with Gasteiger partial charge in [-0.15, -0.1) is 10.2 Å². The van der Waals surface area contributed by atoms with Crippen LogP contribution in [-0.4, -0.2) is 26.2 Å². The van der Waals surface area contributed by atoms with Crippen LogP contribution in [-0.2, 0) is 6.61 Å². The molecule has 0 unspecified atom stereocenters. The number of hydrogen-bond donors (Lipinski definition) is 0. The number of benzene rings is 3. The molecule has 1 aromatic heterocycles. The van der Waals surface area contributed by atoms with E-state index in [1.165, 1.54) is 11.8 Å². The van der Waals surface area contributed by atoms with E-state index in [1.54, 1.807) is 30.3 Å². The molecule has 4 rings (SSSR count). The standard InChI is InChI=1S/C24H18BrCl3N4O3S/c1-14-29-30-24(32(14)18-6-4-17(26)5-7-18)36-23(12-31(33)34)19-11-16(25)3-9-22(19)35-13-15-2-8-20(27)21(28)10-15/h2-11,23H,12-13H2,1H3/t23-/m0/s1. The Labute approximate surface area is 235 Å². The van der Waals surface area contributed by atoms with Crippen LogP contribution in [0.5, 0.6) is 5.75 Å². The summed E-state index contributed by atoms with van der Waals surface area (Å²) < 4.78 is 8.69. The molecule has 0 radical (unpaired) electrons. The van der Waals surface area contributed by atoms with Crippen LogP contribution in [0.15, 0.2) is 70.3 Å². The molecule has 4 aromatic rings. The zero-order chi connectivity index (χ0) is 25.8. The topological polar surface area (TPSA) is 83.1 Å². The predicted molar refractivity (Wildman–Crippen MR) is 147 cm³/mol. The van der Waals surface area contributed by atoms with E-state index in [0.29, 0.717) is 37.4 Å². The number of hydrogen-bond acceptors (Lipinski definition) is 6. The molecule has 0 aliphatic carbocycles. The highest BCUT2D eigenvalue weighted by Crippen LogP contribution is 2.41. The average Bonchev–Trinajstić information content (AvgIpc) is 3.20. The molecule has 1 heterocycles. The summed E-state index contributed by atoms with van der Waals surface area (Å²) in [5.74, 6) is 1.16. The van der Waals surface area contributed by atoms with Crippen LogP contribution < -0.4 is 4.74 Å². The maximum Gasteiger partial charge on any atom is 0.220 e. The molecule has 36 heavy (non-hydrogen) atoms. The summed E-state index contributed by atoms with van der Waals surface area (Å²) in [7, 11) is 0. The molecule has 0 spiro atoms. The van der Waals surface area contributed by atoms with E-state index in [9.17, 15) is 10.1 Å². The summed E-state index contributed by atoms with van der Waals surface area (Å²) in [6.07, 6.45) is 0. The molecule has 1 atom stereocenters. The fraction of sp³-hybridized carbons (Fsp3) is 0.167. The van der Waals surface area contributed by atoms with E-state index in [1.807, 2.05) is 41.8 Å². The minimum absolute atomic E-state index is 0.210. The highest BCUT2D eigenvalue weighted by Gasteiger charge is 2.27. The van der Waals surface area contributed by atoms with Gasteiger partial charge in [0.15, 0.2) is 5.16 Å². The van der Waals surface area contributed by atoms with E-state index in [-0.39, 0.29) is 18.1 Å². The second-order valence-corrected chi connectivity index (χ2v) is 11.0. The van der Waals surface area contributed by atoms with Crippen LogP contribution in [0.25, 0.3) is 5.69 Å². The number of nitro groups is 1. The maximum absolute atomic E-state index is 11.7. The fourth-order valence-electron chi connectivity index (χ4n) is 3.46. The van der Waals surface area contributed by atoms with Crippen LogP contribution in [0.2, 0.25) is 15.1 Å². The Morgan fingerprint density at radius 2 is 1.81 bits per heavy atom. The van der Waals surface area contributed by atoms with Gasteiger partial charge in [-0.25, -0.2) is 0 Å². The number of thioether (sulfide) groups is 1. The molecular formula is C24H18BrCl3N4O3S. The highest BCUT2D eigenvalue weighted by molar-refractivity contribution is 9.10. The second-order valence-electron chi connectivity index (χ2n) is 7.68. The highest BCUT2D eigenvalue weighted by atomic mass is 79.9. The fourth-order valence-corrected chi connectivity index (χ4v) is 5.48. The van der Waals surface area contributed by atoms with Gasteiger partial charge in [0.25, 0.3) is 0 Å². The van der Waals surface area contributed by atoms with Crippen molar-refractivity contribution in [2.24, 2.45) is 0 Å². The molecular weight excluding hydrogens is 611 g/mol. The van der Waals surface area contributed by atoms with Gasteiger partial charge in [0, 0.05) is 25.7 Å². The van der Waals surface area contributed by atoms with Crippen molar-refractivity contribution >= 4 is 62.5 Å². The van der Waals surface area contributed by atoms with Crippen LogP contribution in [0.1, 0.15) is 22.2 Å². The van der Waals surface area contributed by atoms with Gasteiger partial charge >= 0.3 is 0 Å². The van der Waals surface area contributed by atoms with Gasteiger partial charge in [-0.2, -0.15) is 0 Å². The van der Waals surface area contributed by atoms with Gasteiger partial charge in [-0.1, -0.05) is 68.6 Å². The van der Waals surface area contributed by atoms with E-state index < -0.39 is 5.25 Å². The van der Waals surface area contributed by atoms with Crippen molar-refractivity contribution in [3.05, 3.63) is 107 Å². The first-order valence-electron chi connectivity index (χ1n) is 10.5. The van der Waals surface area contributed by atoms with Gasteiger partial charge in [0.1, 0.15) is 23.4 Å². The van der Waals surface area contributed by atoms with E-state index in [2.05, 4.69) is 26.1 Å². The molecule has 186 valence electrons. The summed E-state index contributed by atoms with van der Waals surface area (Å²) in [6, 6.07) is 17.9. The van der Waals surface area contributed by atoms with Crippen molar-refractivity contribution in [2.45, 2.75) is 23.9 Å². The first-order chi connectivity index (χ1) is 17.2. The third kappa shape index (κ3) is 6.52. The Morgan fingerprint density at radius 3 is 2.50 bits per heavy atom. The minimum Gasteiger partial charge on any atom is -0.489 e. The minimum atomic E-state index is -0.615. The summed E-state index contributed by atoms with van der Waals surface area (Å²) in [6.45, 7) is 1.68. The second kappa shape index (κ2) is 11.8. The van der Waals surface area contributed by atoms with Gasteiger partial charge in [0.05, 0.1) is 10.0 Å². The first kappa shape index (κ1) is 26.8. The molecule has 0 fully saturated rings. The third-order valence-corrected chi connectivity index (χ3v) is 7.79. The summed E-state index contributed by atoms with van der Waals surface area (Å²) in [5, 5.41) is 21.5. The van der Waals surface area contributed by atoms with Gasteiger partial charge in [-0.05, 0) is 67.1 Å². The third-order valence-electron chi connectivity index (χ3n) is 5.14. The molecule has 0 saturated heterocycles. The van der Waals surface area contributed by atoms with Crippen molar-refractivity contribution in [1.29, 1.82) is 0 Å². The number of ether oxygens (including phenoxy) is 1. The quantitative estimate of drug-likeness (QED) is 0.106. The van der Waals surface area contributed by atoms with Gasteiger partial charge in [0.2, 0.25) is 6.54 Å². The Morgan fingerprint density at radius 1 is 1.06 bits per heavy atom. The van der Waals surface area contributed by atoms with Gasteiger partial charge < -0.3 is 4.74 Å². The Kier molecular flexibility index (Phi) is 8.79. The lowest BCUT2D eigenvalue weighted by molar-refractivity contribution is -0.479. The SMILES string of the molecule is Cc1nnc(S[C@@H](C[N+](=O)[O-])c2cc(Br)ccc2OCc2ccc(Cl)c(Cl)c2)n1-c1ccc(Cl)cc1. The lowest BCUT2D eigenvalue weighted by atomic mass is 10.1. The molecule has 0 saturated carbocycles. The van der Waals surface area contributed by atoms with Crippen LogP contribution >= 0.6 is 62.5 Å². The molecule has 0 aliphatic rings. The predicted octanol–water partition coefficient (Wildman–Crippen LogP) is 7.99.